The minimum absolute atomic E-state index is 0. The fraction of sp³-hybridized carbons (Fsp3) is 0.500. The third-order valence-electron chi connectivity index (χ3n) is 6.37. The number of unbranched alkanes of at least 4 members (excludes halogenated alkanes) is 1. The zero-order valence-corrected chi connectivity index (χ0v) is 22.2. The van der Waals surface area contributed by atoms with Crippen LogP contribution in [0.4, 0.5) is 0 Å². The fourth-order valence-corrected chi connectivity index (χ4v) is 5.40. The smallest absolute Gasteiger partial charge is 0.227 e. The molecular weight excluding hydrogens is 486 g/mol. The van der Waals surface area contributed by atoms with Crippen molar-refractivity contribution in [1.29, 1.82) is 0 Å². The van der Waals surface area contributed by atoms with Crippen LogP contribution in [0.15, 0.2) is 54.6 Å². The Bertz CT molecular complexity index is 1020. The lowest BCUT2D eigenvalue weighted by molar-refractivity contribution is -0.131. The summed E-state index contributed by atoms with van der Waals surface area (Å²) in [5, 5.41) is 9.91. The number of amides is 1. The quantitative estimate of drug-likeness (QED) is 0.446. The minimum Gasteiger partial charge on any atom is -0.392 e. The number of benzene rings is 2. The number of β-amino-alcohol motifs (C(OH)–C–C–N with tert-alkyl or cyclic N) is 1. The topological polar surface area (TPSA) is 90.0 Å². The van der Waals surface area contributed by atoms with Gasteiger partial charge in [0.2, 0.25) is 15.9 Å². The van der Waals surface area contributed by atoms with Crippen LogP contribution in [0.1, 0.15) is 48.9 Å². The third kappa shape index (κ3) is 9.20. The van der Waals surface area contributed by atoms with E-state index in [-0.39, 0.29) is 49.2 Å². The van der Waals surface area contributed by atoms with Crippen LogP contribution in [0.2, 0.25) is 0 Å². The molecule has 3 rings (SSSR count). The SMILES string of the molecule is CCCCS(=O)(=O)NCc1ccc(CC(=O)N(C)C(CN2CCC(O)C2)c2ccccc2)cc1.Cl. The first-order chi connectivity index (χ1) is 16.3. The molecule has 0 spiro atoms. The van der Waals surface area contributed by atoms with Gasteiger partial charge in [0.05, 0.1) is 24.3 Å². The van der Waals surface area contributed by atoms with E-state index in [2.05, 4.69) is 9.62 Å². The number of halogens is 1. The minimum atomic E-state index is -3.26. The predicted octanol–water partition coefficient (Wildman–Crippen LogP) is 3.14. The molecule has 7 nitrogen and oxygen atoms in total. The number of sulfonamides is 1. The summed E-state index contributed by atoms with van der Waals surface area (Å²) in [4.78, 5) is 17.2. The van der Waals surface area contributed by atoms with Gasteiger partial charge in [-0.3, -0.25) is 9.69 Å². The van der Waals surface area contributed by atoms with Crippen LogP contribution < -0.4 is 4.72 Å². The number of likely N-dealkylation sites (tertiary alicyclic amines) is 1. The van der Waals surface area contributed by atoms with Gasteiger partial charge in [-0.15, -0.1) is 12.4 Å². The van der Waals surface area contributed by atoms with Crippen molar-refractivity contribution in [3.05, 3.63) is 71.3 Å². The highest BCUT2D eigenvalue weighted by molar-refractivity contribution is 7.89. The highest BCUT2D eigenvalue weighted by Gasteiger charge is 2.28. The van der Waals surface area contributed by atoms with E-state index in [1.54, 1.807) is 4.90 Å². The van der Waals surface area contributed by atoms with E-state index >= 15 is 0 Å². The summed E-state index contributed by atoms with van der Waals surface area (Å²) in [5.74, 6) is 0.156. The van der Waals surface area contributed by atoms with Crippen LogP contribution >= 0.6 is 12.4 Å². The zero-order chi connectivity index (χ0) is 24.6. The lowest BCUT2D eigenvalue weighted by Gasteiger charge is -2.32. The van der Waals surface area contributed by atoms with Gasteiger partial charge in [-0.2, -0.15) is 0 Å². The Morgan fingerprint density at radius 2 is 1.80 bits per heavy atom. The van der Waals surface area contributed by atoms with Crippen molar-refractivity contribution in [2.45, 2.75) is 51.3 Å². The average molecular weight is 524 g/mol. The van der Waals surface area contributed by atoms with Gasteiger partial charge in [0.1, 0.15) is 0 Å². The maximum atomic E-state index is 13.2. The maximum Gasteiger partial charge on any atom is 0.227 e. The molecule has 1 heterocycles. The van der Waals surface area contributed by atoms with Crippen molar-refractivity contribution in [2.75, 3.05) is 32.4 Å². The summed E-state index contributed by atoms with van der Waals surface area (Å²) in [7, 11) is -1.42. The van der Waals surface area contributed by atoms with Crippen molar-refractivity contribution < 1.29 is 18.3 Å². The van der Waals surface area contributed by atoms with Crippen LogP contribution in [0.3, 0.4) is 0 Å². The first-order valence-corrected chi connectivity index (χ1v) is 13.7. The molecule has 35 heavy (non-hydrogen) atoms. The second-order valence-corrected chi connectivity index (χ2v) is 11.0. The van der Waals surface area contributed by atoms with Crippen molar-refractivity contribution in [1.82, 2.24) is 14.5 Å². The Balaban J connectivity index is 0.00000432. The third-order valence-corrected chi connectivity index (χ3v) is 7.78. The van der Waals surface area contributed by atoms with E-state index in [1.165, 1.54) is 0 Å². The highest BCUT2D eigenvalue weighted by atomic mass is 35.5. The molecule has 2 aromatic carbocycles. The van der Waals surface area contributed by atoms with Crippen LogP contribution in [0.25, 0.3) is 0 Å². The van der Waals surface area contributed by atoms with E-state index in [1.807, 2.05) is 68.6 Å². The summed E-state index contributed by atoms with van der Waals surface area (Å²) in [6.45, 7) is 4.36. The van der Waals surface area contributed by atoms with E-state index in [4.69, 9.17) is 0 Å². The molecule has 0 radical (unpaired) electrons. The Morgan fingerprint density at radius 1 is 1.14 bits per heavy atom. The first-order valence-electron chi connectivity index (χ1n) is 12.0. The molecular formula is C26H38ClN3O4S. The second kappa shape index (κ2) is 13.9. The Morgan fingerprint density at radius 3 is 2.40 bits per heavy atom. The molecule has 2 atom stereocenters. The van der Waals surface area contributed by atoms with Gasteiger partial charge in [0, 0.05) is 33.2 Å². The van der Waals surface area contributed by atoms with E-state index in [0.29, 0.717) is 19.5 Å². The molecule has 0 saturated carbocycles. The number of nitrogens with zero attached hydrogens (tertiary/aromatic N) is 2. The second-order valence-electron chi connectivity index (χ2n) is 9.12. The molecule has 1 saturated heterocycles. The van der Waals surface area contributed by atoms with Crippen molar-refractivity contribution in [3.8, 4) is 0 Å². The molecule has 1 fully saturated rings. The van der Waals surface area contributed by atoms with Gasteiger partial charge in [-0.1, -0.05) is 67.9 Å². The molecule has 9 heteroatoms. The number of likely N-dealkylation sites (N-methyl/N-ethyl adjacent to an activating group) is 1. The number of hydrogen-bond donors (Lipinski definition) is 2. The van der Waals surface area contributed by atoms with Gasteiger partial charge >= 0.3 is 0 Å². The molecule has 0 aliphatic carbocycles. The lowest BCUT2D eigenvalue weighted by Crippen LogP contribution is -2.39. The van der Waals surface area contributed by atoms with E-state index in [9.17, 15) is 18.3 Å². The Labute approximate surface area is 216 Å². The van der Waals surface area contributed by atoms with Crippen molar-refractivity contribution in [2.24, 2.45) is 0 Å². The van der Waals surface area contributed by atoms with Crippen molar-refractivity contribution in [3.63, 3.8) is 0 Å². The van der Waals surface area contributed by atoms with Crippen LogP contribution in [0.5, 0.6) is 0 Å². The summed E-state index contributed by atoms with van der Waals surface area (Å²) < 4.78 is 26.6. The number of nitrogens with one attached hydrogen (secondary N) is 1. The molecule has 194 valence electrons. The summed E-state index contributed by atoms with van der Waals surface area (Å²) in [5.41, 5.74) is 2.82. The highest BCUT2D eigenvalue weighted by Crippen LogP contribution is 2.24. The molecule has 0 aromatic heterocycles. The number of aliphatic hydroxyl groups excluding tert-OH is 1. The molecule has 2 unspecified atom stereocenters. The lowest BCUT2D eigenvalue weighted by atomic mass is 10.0. The molecule has 2 N–H and O–H groups in total. The predicted molar refractivity (Wildman–Crippen MR) is 142 cm³/mol. The Hall–Kier alpha value is -1.97. The monoisotopic (exact) mass is 523 g/mol. The fourth-order valence-electron chi connectivity index (χ4n) is 4.20. The number of carbonyl (C=O) groups is 1. The van der Waals surface area contributed by atoms with Crippen LogP contribution in [0, 0.1) is 0 Å². The Kier molecular flexibility index (Phi) is 11.7. The maximum absolute atomic E-state index is 13.2. The van der Waals surface area contributed by atoms with Crippen LogP contribution in [-0.2, 0) is 27.8 Å². The summed E-state index contributed by atoms with van der Waals surface area (Å²) in [6, 6.07) is 17.4. The number of hydrogen-bond acceptors (Lipinski definition) is 5. The molecule has 1 amide bonds. The number of rotatable bonds is 12. The molecule has 0 bridgehead atoms. The van der Waals surface area contributed by atoms with Gasteiger partial charge in [-0.25, -0.2) is 13.1 Å². The van der Waals surface area contributed by atoms with Crippen molar-refractivity contribution >= 4 is 28.3 Å². The standard InChI is InChI=1S/C26H37N3O4S.ClH/c1-3-4-16-34(32,33)27-18-22-12-10-21(11-13-22)17-26(31)28(2)25(23-8-6-5-7-9-23)20-29-15-14-24(30)19-29;/h5-13,24-25,27,30H,3-4,14-20H2,1-2H3;1H. The zero-order valence-electron chi connectivity index (χ0n) is 20.6. The normalized spacial score (nSPS) is 17.1. The number of aliphatic hydroxyl groups is 1. The number of carbonyl (C=O) groups excluding carboxylic acids is 1. The summed E-state index contributed by atoms with van der Waals surface area (Å²) >= 11 is 0. The molecule has 1 aliphatic rings. The van der Waals surface area contributed by atoms with Gasteiger partial charge in [0.25, 0.3) is 0 Å². The van der Waals surface area contributed by atoms with E-state index < -0.39 is 10.0 Å². The largest absolute Gasteiger partial charge is 0.392 e. The summed E-state index contributed by atoms with van der Waals surface area (Å²) in [6.07, 6.45) is 2.22. The van der Waals surface area contributed by atoms with Gasteiger partial charge < -0.3 is 10.0 Å². The van der Waals surface area contributed by atoms with E-state index in [0.717, 1.165) is 36.1 Å². The molecule has 2 aromatic rings. The average Bonchev–Trinajstić information content (AvgIpc) is 3.25. The van der Waals surface area contributed by atoms with Crippen LogP contribution in [-0.4, -0.2) is 67.8 Å². The first kappa shape index (κ1) is 29.3. The van der Waals surface area contributed by atoms with Gasteiger partial charge in [0.15, 0.2) is 0 Å². The van der Waals surface area contributed by atoms with Gasteiger partial charge in [-0.05, 0) is 29.5 Å². The molecule has 1 aliphatic heterocycles.